The van der Waals surface area contributed by atoms with Gasteiger partial charge in [0.15, 0.2) is 0 Å². The maximum absolute atomic E-state index is 6.96. The summed E-state index contributed by atoms with van der Waals surface area (Å²) in [6.07, 6.45) is 0. The molecule has 1 aliphatic rings. The standard InChI is InChI=1S/C45H29NOS2/c1-45(2)31-16-6-3-13-28(31)40-32(45)25-24-30-41-33(17-10-20-36(41)47-43(30)40)46(34-18-11-23-39-42(34)29-14-5-8-22-38(29)48-39)35-19-9-15-27-26-12-4-7-21-37(26)49-44(27)35/h3-25H,1-2H3. The number of benzene rings is 7. The van der Waals surface area contributed by atoms with Crippen LogP contribution < -0.4 is 4.90 Å². The van der Waals surface area contributed by atoms with Crippen LogP contribution in [0.15, 0.2) is 144 Å². The molecule has 3 aromatic heterocycles. The van der Waals surface area contributed by atoms with E-state index in [-0.39, 0.29) is 5.41 Å². The van der Waals surface area contributed by atoms with Gasteiger partial charge in [0, 0.05) is 52.0 Å². The molecule has 7 aromatic carbocycles. The van der Waals surface area contributed by atoms with Crippen LogP contribution in [0, 0.1) is 0 Å². The summed E-state index contributed by atoms with van der Waals surface area (Å²) >= 11 is 3.74. The first-order valence-corrected chi connectivity index (χ1v) is 18.4. The second kappa shape index (κ2) is 9.82. The van der Waals surface area contributed by atoms with Gasteiger partial charge in [-0.2, -0.15) is 0 Å². The first-order valence-electron chi connectivity index (χ1n) is 16.8. The first kappa shape index (κ1) is 27.5. The van der Waals surface area contributed by atoms with Crippen LogP contribution >= 0.6 is 22.7 Å². The molecule has 0 atom stereocenters. The van der Waals surface area contributed by atoms with E-state index in [9.17, 15) is 0 Å². The molecule has 0 amide bonds. The van der Waals surface area contributed by atoms with Crippen LogP contribution in [0.2, 0.25) is 0 Å². The van der Waals surface area contributed by atoms with Gasteiger partial charge < -0.3 is 9.32 Å². The smallest absolute Gasteiger partial charge is 0.143 e. The molecule has 3 heterocycles. The van der Waals surface area contributed by atoms with Crippen molar-refractivity contribution in [2.24, 2.45) is 0 Å². The Morgan fingerprint density at radius 1 is 0.490 bits per heavy atom. The first-order chi connectivity index (χ1) is 24.1. The summed E-state index contributed by atoms with van der Waals surface area (Å²) in [7, 11) is 0. The maximum Gasteiger partial charge on any atom is 0.143 e. The Morgan fingerprint density at radius 3 is 2.02 bits per heavy atom. The van der Waals surface area contributed by atoms with Gasteiger partial charge in [-0.05, 0) is 59.2 Å². The van der Waals surface area contributed by atoms with Gasteiger partial charge in [0.1, 0.15) is 11.2 Å². The van der Waals surface area contributed by atoms with Crippen LogP contribution in [0.25, 0.3) is 73.4 Å². The molecule has 11 rings (SSSR count). The van der Waals surface area contributed by atoms with Gasteiger partial charge in [-0.25, -0.2) is 0 Å². The third-order valence-corrected chi connectivity index (χ3v) is 13.0. The molecule has 49 heavy (non-hydrogen) atoms. The number of hydrogen-bond donors (Lipinski definition) is 0. The van der Waals surface area contributed by atoms with Crippen molar-refractivity contribution in [3.05, 3.63) is 151 Å². The lowest BCUT2D eigenvalue weighted by Crippen LogP contribution is -2.14. The highest BCUT2D eigenvalue weighted by Gasteiger charge is 2.38. The fourth-order valence-corrected chi connectivity index (χ4v) is 10.8. The van der Waals surface area contributed by atoms with E-state index in [2.05, 4.69) is 158 Å². The summed E-state index contributed by atoms with van der Waals surface area (Å²) in [5.74, 6) is 0. The molecule has 2 nitrogen and oxygen atoms in total. The average molecular weight is 664 g/mol. The molecule has 0 fully saturated rings. The Morgan fingerprint density at radius 2 is 1.14 bits per heavy atom. The molecule has 0 N–H and O–H groups in total. The molecule has 10 aromatic rings. The maximum atomic E-state index is 6.96. The molecular weight excluding hydrogens is 635 g/mol. The Bertz CT molecular complexity index is 2990. The van der Waals surface area contributed by atoms with E-state index in [0.29, 0.717) is 0 Å². The zero-order chi connectivity index (χ0) is 32.4. The van der Waals surface area contributed by atoms with Crippen molar-refractivity contribution in [1.29, 1.82) is 0 Å². The zero-order valence-electron chi connectivity index (χ0n) is 27.0. The second-order valence-electron chi connectivity index (χ2n) is 13.6. The minimum absolute atomic E-state index is 0.0968. The van der Waals surface area contributed by atoms with Crippen LogP contribution in [-0.4, -0.2) is 0 Å². The quantitative estimate of drug-likeness (QED) is 0.187. The number of furan rings is 1. The van der Waals surface area contributed by atoms with Crippen LogP contribution in [0.3, 0.4) is 0 Å². The number of anilines is 3. The molecule has 4 heteroatoms. The van der Waals surface area contributed by atoms with Crippen LogP contribution in [-0.2, 0) is 5.41 Å². The van der Waals surface area contributed by atoms with Crippen molar-refractivity contribution in [1.82, 2.24) is 0 Å². The highest BCUT2D eigenvalue weighted by atomic mass is 32.1. The van der Waals surface area contributed by atoms with Gasteiger partial charge >= 0.3 is 0 Å². The number of hydrogen-bond acceptors (Lipinski definition) is 4. The topological polar surface area (TPSA) is 16.4 Å². The lowest BCUT2D eigenvalue weighted by atomic mass is 9.82. The van der Waals surface area contributed by atoms with E-state index >= 15 is 0 Å². The molecule has 0 saturated heterocycles. The van der Waals surface area contributed by atoms with Gasteiger partial charge in [0.25, 0.3) is 0 Å². The van der Waals surface area contributed by atoms with Gasteiger partial charge in [0.2, 0.25) is 0 Å². The third kappa shape index (κ3) is 3.65. The number of fused-ring (bicyclic) bond motifs is 13. The zero-order valence-corrected chi connectivity index (χ0v) is 28.6. The molecule has 0 spiro atoms. The predicted molar refractivity (Wildman–Crippen MR) is 212 cm³/mol. The van der Waals surface area contributed by atoms with E-state index in [1.165, 1.54) is 74.0 Å². The summed E-state index contributed by atoms with van der Waals surface area (Å²) in [6.45, 7) is 4.66. The highest BCUT2D eigenvalue weighted by molar-refractivity contribution is 7.26. The number of thiophene rings is 2. The molecule has 0 radical (unpaired) electrons. The lowest BCUT2D eigenvalue weighted by Gasteiger charge is -2.27. The normalized spacial score (nSPS) is 13.7. The fraction of sp³-hybridized carbons (Fsp3) is 0.0667. The van der Waals surface area contributed by atoms with E-state index < -0.39 is 0 Å². The van der Waals surface area contributed by atoms with Gasteiger partial charge in [-0.3, -0.25) is 0 Å². The van der Waals surface area contributed by atoms with Crippen molar-refractivity contribution < 1.29 is 4.42 Å². The summed E-state index contributed by atoms with van der Waals surface area (Å²) in [6, 6.07) is 51.2. The molecule has 0 unspecified atom stereocenters. The Kier molecular flexibility index (Phi) is 5.52. The fourth-order valence-electron chi connectivity index (χ4n) is 8.48. The Labute approximate surface area is 291 Å². The largest absolute Gasteiger partial charge is 0.455 e. The predicted octanol–water partition coefficient (Wildman–Crippen LogP) is 14.1. The third-order valence-electron chi connectivity index (χ3n) is 10.7. The van der Waals surface area contributed by atoms with E-state index in [4.69, 9.17) is 4.42 Å². The molecular formula is C45H29NOS2. The average Bonchev–Trinajstić information content (AvgIpc) is 3.87. The van der Waals surface area contributed by atoms with Crippen molar-refractivity contribution in [2.75, 3.05) is 4.90 Å². The number of nitrogens with zero attached hydrogens (tertiary/aromatic N) is 1. The summed E-state index contributed by atoms with van der Waals surface area (Å²) in [5.41, 5.74) is 10.4. The van der Waals surface area contributed by atoms with E-state index in [1.54, 1.807) is 0 Å². The lowest BCUT2D eigenvalue weighted by molar-refractivity contribution is 0.653. The van der Waals surface area contributed by atoms with Crippen LogP contribution in [0.1, 0.15) is 25.0 Å². The van der Waals surface area contributed by atoms with Crippen molar-refractivity contribution in [3.8, 4) is 11.1 Å². The van der Waals surface area contributed by atoms with Crippen molar-refractivity contribution in [3.63, 3.8) is 0 Å². The monoisotopic (exact) mass is 663 g/mol. The minimum Gasteiger partial charge on any atom is -0.455 e. The van der Waals surface area contributed by atoms with E-state index in [0.717, 1.165) is 27.6 Å². The van der Waals surface area contributed by atoms with Crippen LogP contribution in [0.5, 0.6) is 0 Å². The van der Waals surface area contributed by atoms with Gasteiger partial charge in [-0.1, -0.05) is 111 Å². The molecule has 0 aliphatic heterocycles. The van der Waals surface area contributed by atoms with Crippen molar-refractivity contribution >= 4 is 102 Å². The SMILES string of the molecule is CC1(C)c2ccccc2-c2c1ccc1c2oc2cccc(N(c3cccc4c3sc3ccccc34)c3cccc4sc5ccccc5c34)c21. The molecule has 0 bridgehead atoms. The van der Waals surface area contributed by atoms with Crippen molar-refractivity contribution in [2.45, 2.75) is 19.3 Å². The second-order valence-corrected chi connectivity index (χ2v) is 15.8. The summed E-state index contributed by atoms with van der Waals surface area (Å²) < 4.78 is 12.1. The van der Waals surface area contributed by atoms with E-state index in [1.807, 2.05) is 22.7 Å². The molecule has 1 aliphatic carbocycles. The molecule has 0 saturated carbocycles. The summed E-state index contributed by atoms with van der Waals surface area (Å²) in [4.78, 5) is 2.52. The highest BCUT2D eigenvalue weighted by Crippen LogP contribution is 2.55. The molecule has 232 valence electrons. The van der Waals surface area contributed by atoms with Gasteiger partial charge in [-0.15, -0.1) is 22.7 Å². The summed E-state index contributed by atoms with van der Waals surface area (Å²) in [5, 5.41) is 7.43. The minimum atomic E-state index is -0.0968. The number of rotatable bonds is 3. The van der Waals surface area contributed by atoms with Crippen LogP contribution in [0.4, 0.5) is 17.1 Å². The van der Waals surface area contributed by atoms with Gasteiger partial charge in [0.05, 0.1) is 27.1 Å². The Hall–Kier alpha value is -5.42. The Balaban J connectivity index is 1.28.